The molecule has 0 saturated carbocycles. The summed E-state index contributed by atoms with van der Waals surface area (Å²) in [5, 5.41) is 14.6. The van der Waals surface area contributed by atoms with E-state index in [0.29, 0.717) is 27.9 Å². The monoisotopic (exact) mass is 378 g/mol. The average Bonchev–Trinajstić information content (AvgIpc) is 3.20. The number of halogens is 1. The normalized spacial score (nSPS) is 15.3. The number of nitrogens with zero attached hydrogens (tertiary/aromatic N) is 5. The van der Waals surface area contributed by atoms with E-state index < -0.39 is 0 Å². The fourth-order valence-corrected chi connectivity index (χ4v) is 3.52. The number of piperidine rings is 1. The van der Waals surface area contributed by atoms with E-state index in [2.05, 4.69) is 20.8 Å². The highest BCUT2D eigenvalue weighted by Crippen LogP contribution is 2.31. The molecule has 26 heavy (non-hydrogen) atoms. The first kappa shape index (κ1) is 18.6. The standard InChI is InChI=1S/C17H23ClN6O2/c1-19-6-3-12-4-7-23(8-5-12)17(25)13-9-14(18)15(10-16(13)26-2)24-11-20-21-22-24/h9-12,19H,3-8H2,1-2H3. The van der Waals surface area contributed by atoms with Crippen molar-refractivity contribution >= 4 is 17.5 Å². The van der Waals surface area contributed by atoms with Crippen LogP contribution in [-0.4, -0.2) is 64.8 Å². The number of hydrogen-bond donors (Lipinski definition) is 1. The number of rotatable bonds is 6. The predicted molar refractivity (Wildman–Crippen MR) is 97.9 cm³/mol. The third kappa shape index (κ3) is 3.96. The minimum absolute atomic E-state index is 0.0564. The molecule has 0 unspecified atom stereocenters. The van der Waals surface area contributed by atoms with Crippen LogP contribution in [0, 0.1) is 5.92 Å². The Morgan fingerprint density at radius 2 is 2.15 bits per heavy atom. The van der Waals surface area contributed by atoms with E-state index in [4.69, 9.17) is 16.3 Å². The maximum Gasteiger partial charge on any atom is 0.257 e. The van der Waals surface area contributed by atoms with Gasteiger partial charge in [-0.2, -0.15) is 4.68 Å². The van der Waals surface area contributed by atoms with Gasteiger partial charge in [-0.05, 0) is 55.3 Å². The van der Waals surface area contributed by atoms with Crippen LogP contribution >= 0.6 is 11.6 Å². The number of ether oxygens (including phenoxy) is 1. The zero-order chi connectivity index (χ0) is 18.5. The molecule has 1 aromatic carbocycles. The topological polar surface area (TPSA) is 85.2 Å². The highest BCUT2D eigenvalue weighted by atomic mass is 35.5. The lowest BCUT2D eigenvalue weighted by Gasteiger charge is -2.32. The second-order valence-electron chi connectivity index (χ2n) is 6.39. The number of carbonyl (C=O) groups is 1. The average molecular weight is 379 g/mol. The molecule has 0 bridgehead atoms. The Morgan fingerprint density at radius 1 is 1.38 bits per heavy atom. The van der Waals surface area contributed by atoms with Gasteiger partial charge in [0.05, 0.1) is 23.4 Å². The second-order valence-corrected chi connectivity index (χ2v) is 6.79. The van der Waals surface area contributed by atoms with E-state index in [9.17, 15) is 4.79 Å². The molecule has 140 valence electrons. The summed E-state index contributed by atoms with van der Waals surface area (Å²) in [6.45, 7) is 2.52. The fraction of sp³-hybridized carbons (Fsp3) is 0.529. The van der Waals surface area contributed by atoms with Crippen LogP contribution in [-0.2, 0) is 0 Å². The van der Waals surface area contributed by atoms with E-state index in [1.807, 2.05) is 11.9 Å². The van der Waals surface area contributed by atoms with Gasteiger partial charge in [0, 0.05) is 19.2 Å². The van der Waals surface area contributed by atoms with Crippen molar-refractivity contribution in [3.63, 3.8) is 0 Å². The first-order valence-corrected chi connectivity index (χ1v) is 9.06. The Kier molecular flexibility index (Phi) is 6.05. The van der Waals surface area contributed by atoms with Crippen LogP contribution in [0.4, 0.5) is 0 Å². The lowest BCUT2D eigenvalue weighted by molar-refractivity contribution is 0.0684. The smallest absolute Gasteiger partial charge is 0.257 e. The van der Waals surface area contributed by atoms with Gasteiger partial charge >= 0.3 is 0 Å². The number of aromatic nitrogens is 4. The molecule has 3 rings (SSSR count). The van der Waals surface area contributed by atoms with Crippen LogP contribution in [0.3, 0.4) is 0 Å². The van der Waals surface area contributed by atoms with Crippen LogP contribution in [0.5, 0.6) is 5.75 Å². The quantitative estimate of drug-likeness (QED) is 0.824. The number of carbonyl (C=O) groups excluding carboxylic acids is 1. The zero-order valence-electron chi connectivity index (χ0n) is 15.0. The Balaban J connectivity index is 1.76. The van der Waals surface area contributed by atoms with Gasteiger partial charge < -0.3 is 15.0 Å². The number of nitrogens with one attached hydrogen (secondary N) is 1. The molecule has 0 aliphatic carbocycles. The summed E-state index contributed by atoms with van der Waals surface area (Å²) in [7, 11) is 3.50. The van der Waals surface area contributed by atoms with Crippen molar-refractivity contribution in [1.29, 1.82) is 0 Å². The number of likely N-dealkylation sites (tertiary alicyclic amines) is 1. The predicted octanol–water partition coefficient (Wildman–Crippen LogP) is 1.79. The maximum atomic E-state index is 13.0. The van der Waals surface area contributed by atoms with Gasteiger partial charge in [0.1, 0.15) is 12.1 Å². The fourth-order valence-electron chi connectivity index (χ4n) is 3.27. The third-order valence-electron chi connectivity index (χ3n) is 4.80. The largest absolute Gasteiger partial charge is 0.496 e. The Bertz CT molecular complexity index is 744. The van der Waals surface area contributed by atoms with E-state index in [1.165, 1.54) is 18.1 Å². The van der Waals surface area contributed by atoms with Crippen LogP contribution in [0.15, 0.2) is 18.5 Å². The highest BCUT2D eigenvalue weighted by Gasteiger charge is 2.26. The molecule has 9 heteroatoms. The molecular formula is C17H23ClN6O2. The molecular weight excluding hydrogens is 356 g/mol. The summed E-state index contributed by atoms with van der Waals surface area (Å²) < 4.78 is 6.87. The molecule has 1 fully saturated rings. The molecule has 2 aromatic rings. The molecule has 1 aliphatic rings. The minimum Gasteiger partial charge on any atom is -0.496 e. The maximum absolute atomic E-state index is 13.0. The number of benzene rings is 1. The van der Waals surface area contributed by atoms with Crippen molar-refractivity contribution in [3.05, 3.63) is 29.0 Å². The zero-order valence-corrected chi connectivity index (χ0v) is 15.7. The van der Waals surface area contributed by atoms with Gasteiger partial charge in [0.2, 0.25) is 0 Å². The molecule has 0 radical (unpaired) electrons. The summed E-state index contributed by atoms with van der Waals surface area (Å²) in [5.41, 5.74) is 1.03. The van der Waals surface area contributed by atoms with Gasteiger partial charge in [-0.3, -0.25) is 4.79 Å². The lowest BCUT2D eigenvalue weighted by atomic mass is 9.93. The molecule has 1 saturated heterocycles. The first-order valence-electron chi connectivity index (χ1n) is 8.68. The molecule has 2 heterocycles. The van der Waals surface area contributed by atoms with E-state index >= 15 is 0 Å². The van der Waals surface area contributed by atoms with Crippen molar-refractivity contribution in [3.8, 4) is 11.4 Å². The Morgan fingerprint density at radius 3 is 2.77 bits per heavy atom. The van der Waals surface area contributed by atoms with E-state index in [-0.39, 0.29) is 5.91 Å². The summed E-state index contributed by atoms with van der Waals surface area (Å²) in [6.07, 6.45) is 4.63. The Labute approximate surface area is 157 Å². The van der Waals surface area contributed by atoms with Crippen LogP contribution < -0.4 is 10.1 Å². The van der Waals surface area contributed by atoms with Crippen molar-refractivity contribution < 1.29 is 9.53 Å². The summed E-state index contributed by atoms with van der Waals surface area (Å²) in [6, 6.07) is 3.32. The van der Waals surface area contributed by atoms with Crippen molar-refractivity contribution in [1.82, 2.24) is 30.4 Å². The van der Waals surface area contributed by atoms with E-state index in [0.717, 1.165) is 38.9 Å². The van der Waals surface area contributed by atoms with Crippen molar-refractivity contribution in [2.45, 2.75) is 19.3 Å². The molecule has 1 amide bonds. The summed E-state index contributed by atoms with van der Waals surface area (Å²) in [4.78, 5) is 14.9. The summed E-state index contributed by atoms with van der Waals surface area (Å²) in [5.74, 6) is 1.07. The summed E-state index contributed by atoms with van der Waals surface area (Å²) >= 11 is 6.36. The van der Waals surface area contributed by atoms with Crippen LogP contribution in [0.25, 0.3) is 5.69 Å². The van der Waals surface area contributed by atoms with Crippen molar-refractivity contribution in [2.75, 3.05) is 33.8 Å². The number of hydrogen-bond acceptors (Lipinski definition) is 6. The van der Waals surface area contributed by atoms with Crippen molar-refractivity contribution in [2.24, 2.45) is 5.92 Å². The molecule has 1 N–H and O–H groups in total. The lowest BCUT2D eigenvalue weighted by Crippen LogP contribution is -2.39. The Hall–Kier alpha value is -2.19. The second kappa shape index (κ2) is 8.46. The SMILES string of the molecule is CNCCC1CCN(C(=O)c2cc(Cl)c(-n3cnnn3)cc2OC)CC1. The van der Waals surface area contributed by atoms with Crippen LogP contribution in [0.1, 0.15) is 29.6 Å². The van der Waals surface area contributed by atoms with Gasteiger partial charge in [0.15, 0.2) is 0 Å². The van der Waals surface area contributed by atoms with Gasteiger partial charge in [-0.1, -0.05) is 11.6 Å². The van der Waals surface area contributed by atoms with E-state index in [1.54, 1.807) is 12.1 Å². The molecule has 1 aromatic heterocycles. The van der Waals surface area contributed by atoms with Gasteiger partial charge in [0.25, 0.3) is 5.91 Å². The molecule has 0 spiro atoms. The van der Waals surface area contributed by atoms with Crippen LogP contribution in [0.2, 0.25) is 5.02 Å². The molecule has 0 atom stereocenters. The number of amides is 1. The number of tetrazole rings is 1. The van der Waals surface area contributed by atoms with Gasteiger partial charge in [-0.15, -0.1) is 5.10 Å². The minimum atomic E-state index is -0.0564. The molecule has 1 aliphatic heterocycles. The third-order valence-corrected chi connectivity index (χ3v) is 5.10. The first-order chi connectivity index (χ1) is 12.6. The molecule has 8 nitrogen and oxygen atoms in total. The highest BCUT2D eigenvalue weighted by molar-refractivity contribution is 6.33. The van der Waals surface area contributed by atoms with Gasteiger partial charge in [-0.25, -0.2) is 0 Å². The number of methoxy groups -OCH3 is 1.